The second-order valence-electron chi connectivity index (χ2n) is 7.28. The Morgan fingerprint density at radius 3 is 2.56 bits per heavy atom. The number of halogens is 2. The molecule has 0 spiro atoms. The molecule has 1 amide bonds. The van der Waals surface area contributed by atoms with Crippen molar-refractivity contribution in [1.82, 2.24) is 9.88 Å². The van der Waals surface area contributed by atoms with E-state index in [0.717, 1.165) is 31.4 Å². The van der Waals surface area contributed by atoms with Crippen LogP contribution in [0.15, 0.2) is 42.7 Å². The number of benzene rings is 1. The van der Waals surface area contributed by atoms with E-state index in [1.54, 1.807) is 24.5 Å². The minimum Gasteiger partial charge on any atom is -0.490 e. The monoisotopic (exact) mass is 388 g/mol. The summed E-state index contributed by atoms with van der Waals surface area (Å²) in [6, 6.07) is 8.76. The zero-order chi connectivity index (χ0) is 18.8. The summed E-state index contributed by atoms with van der Waals surface area (Å²) in [6.07, 6.45) is 7.86. The number of fused-ring (bicyclic) bond motifs is 2. The van der Waals surface area contributed by atoms with Crippen LogP contribution in [0.25, 0.3) is 0 Å². The fourth-order valence-corrected chi connectivity index (χ4v) is 4.63. The van der Waals surface area contributed by atoms with Crippen LogP contribution < -0.4 is 4.74 Å². The molecule has 27 heavy (non-hydrogen) atoms. The van der Waals surface area contributed by atoms with Crippen molar-refractivity contribution in [3.8, 4) is 5.75 Å². The van der Waals surface area contributed by atoms with Gasteiger partial charge in [0, 0.05) is 54.3 Å². The molecule has 0 N–H and O–H groups in total. The highest BCUT2D eigenvalue weighted by Gasteiger charge is 2.43. The number of aromatic nitrogens is 1. The van der Waals surface area contributed by atoms with Crippen molar-refractivity contribution in [2.75, 3.05) is 0 Å². The van der Waals surface area contributed by atoms with Gasteiger partial charge in [0.2, 0.25) is 5.91 Å². The second-order valence-corrected chi connectivity index (χ2v) is 7.69. The number of carbonyl (C=O) groups is 1. The number of piperidine rings is 1. The summed E-state index contributed by atoms with van der Waals surface area (Å²) in [6.45, 7) is 0. The molecule has 0 saturated carbocycles. The van der Waals surface area contributed by atoms with E-state index in [1.807, 2.05) is 17.0 Å². The third-order valence-electron chi connectivity index (χ3n) is 5.58. The molecule has 142 valence electrons. The molecule has 2 aliphatic heterocycles. The van der Waals surface area contributed by atoms with Crippen molar-refractivity contribution in [3.05, 3.63) is 59.1 Å². The predicted octanol–water partition coefficient (Wildman–Crippen LogP) is 4.41. The van der Waals surface area contributed by atoms with Gasteiger partial charge < -0.3 is 9.64 Å². The zero-order valence-corrected chi connectivity index (χ0v) is 15.7. The van der Waals surface area contributed by atoms with Gasteiger partial charge in [0.1, 0.15) is 17.7 Å². The summed E-state index contributed by atoms with van der Waals surface area (Å²) in [5.74, 6) is 0.565. The molecule has 3 heterocycles. The number of carbonyl (C=O) groups excluding carboxylic acids is 1. The van der Waals surface area contributed by atoms with Crippen LogP contribution in [0.5, 0.6) is 5.75 Å². The lowest BCUT2D eigenvalue weighted by Gasteiger charge is -2.39. The summed E-state index contributed by atoms with van der Waals surface area (Å²) in [5.41, 5.74) is 0.427. The minimum atomic E-state index is -0.345. The molecular formula is C21H22ClFN2O2. The van der Waals surface area contributed by atoms with Crippen molar-refractivity contribution in [2.45, 2.75) is 56.7 Å². The van der Waals surface area contributed by atoms with Gasteiger partial charge in [0.25, 0.3) is 0 Å². The third kappa shape index (κ3) is 3.93. The molecule has 6 heteroatoms. The number of hydrogen-bond acceptors (Lipinski definition) is 3. The van der Waals surface area contributed by atoms with Gasteiger partial charge in [-0.3, -0.25) is 9.78 Å². The van der Waals surface area contributed by atoms with Gasteiger partial charge in [0.15, 0.2) is 0 Å². The molecule has 2 aromatic rings. The lowest BCUT2D eigenvalue weighted by atomic mass is 9.98. The van der Waals surface area contributed by atoms with Crippen LogP contribution in [0.3, 0.4) is 0 Å². The Hall–Kier alpha value is -2.14. The second kappa shape index (κ2) is 7.85. The SMILES string of the molecule is O=C(CCc1c(F)cccc1Cl)N1C2CCC1CC(Oc1ccncc1)C2. The Balaban J connectivity index is 1.37. The van der Waals surface area contributed by atoms with E-state index < -0.39 is 0 Å². The van der Waals surface area contributed by atoms with Crippen LogP contribution in [-0.4, -0.2) is 34.0 Å². The molecule has 0 radical (unpaired) electrons. The molecule has 4 rings (SSSR count). The molecule has 2 bridgehead atoms. The smallest absolute Gasteiger partial charge is 0.223 e. The number of hydrogen-bond donors (Lipinski definition) is 0. The average Bonchev–Trinajstić information content (AvgIpc) is 2.93. The highest BCUT2D eigenvalue weighted by atomic mass is 35.5. The Bertz CT molecular complexity index is 783. The van der Waals surface area contributed by atoms with E-state index >= 15 is 0 Å². The topological polar surface area (TPSA) is 42.4 Å². The van der Waals surface area contributed by atoms with Gasteiger partial charge in [-0.2, -0.15) is 0 Å². The van der Waals surface area contributed by atoms with Gasteiger partial charge in [-0.05, 0) is 43.5 Å². The molecule has 2 fully saturated rings. The number of pyridine rings is 1. The number of nitrogens with zero attached hydrogens (tertiary/aromatic N) is 2. The number of rotatable bonds is 5. The third-order valence-corrected chi connectivity index (χ3v) is 5.93. The summed E-state index contributed by atoms with van der Waals surface area (Å²) in [7, 11) is 0. The van der Waals surface area contributed by atoms with Crippen LogP contribution in [0.4, 0.5) is 4.39 Å². The normalized spacial score (nSPS) is 24.1. The highest BCUT2D eigenvalue weighted by molar-refractivity contribution is 6.31. The standard InChI is InChI=1S/C21H22ClFN2O2/c22-19-2-1-3-20(23)18(19)6-7-21(26)25-14-4-5-15(25)13-17(12-14)27-16-8-10-24-11-9-16/h1-3,8-11,14-15,17H,4-7,12-13H2. The van der Waals surface area contributed by atoms with Gasteiger partial charge in [-0.15, -0.1) is 0 Å². The molecule has 1 aromatic carbocycles. The highest BCUT2D eigenvalue weighted by Crippen LogP contribution is 2.38. The van der Waals surface area contributed by atoms with E-state index in [4.69, 9.17) is 16.3 Å². The molecule has 2 unspecified atom stereocenters. The predicted molar refractivity (Wildman–Crippen MR) is 101 cm³/mol. The van der Waals surface area contributed by atoms with E-state index in [9.17, 15) is 9.18 Å². The molecule has 1 aromatic heterocycles. The molecular weight excluding hydrogens is 367 g/mol. The average molecular weight is 389 g/mol. The van der Waals surface area contributed by atoms with Gasteiger partial charge >= 0.3 is 0 Å². The fourth-order valence-electron chi connectivity index (χ4n) is 4.37. The van der Waals surface area contributed by atoms with Crippen LogP contribution in [-0.2, 0) is 11.2 Å². The Morgan fingerprint density at radius 2 is 1.89 bits per heavy atom. The first-order valence-electron chi connectivity index (χ1n) is 9.42. The van der Waals surface area contributed by atoms with Crippen molar-refractivity contribution in [3.63, 3.8) is 0 Å². The molecule has 2 saturated heterocycles. The van der Waals surface area contributed by atoms with Crippen LogP contribution in [0.1, 0.15) is 37.7 Å². The molecule has 0 aliphatic carbocycles. The van der Waals surface area contributed by atoms with Crippen molar-refractivity contribution >= 4 is 17.5 Å². The first kappa shape index (κ1) is 18.2. The van der Waals surface area contributed by atoms with E-state index in [1.165, 1.54) is 6.07 Å². The number of ether oxygens (including phenoxy) is 1. The molecule has 2 aliphatic rings. The quantitative estimate of drug-likeness (QED) is 0.762. The van der Waals surface area contributed by atoms with Gasteiger partial charge in [-0.1, -0.05) is 17.7 Å². The van der Waals surface area contributed by atoms with Crippen LogP contribution >= 0.6 is 11.6 Å². The minimum absolute atomic E-state index is 0.0872. The molecule has 2 atom stereocenters. The van der Waals surface area contributed by atoms with Crippen molar-refractivity contribution in [2.24, 2.45) is 0 Å². The van der Waals surface area contributed by atoms with Crippen LogP contribution in [0, 0.1) is 5.82 Å². The summed E-state index contributed by atoms with van der Waals surface area (Å²) < 4.78 is 20.0. The Labute approximate surface area is 163 Å². The zero-order valence-electron chi connectivity index (χ0n) is 15.0. The van der Waals surface area contributed by atoms with E-state index in [0.29, 0.717) is 17.0 Å². The maximum absolute atomic E-state index is 13.9. The van der Waals surface area contributed by atoms with E-state index in [-0.39, 0.29) is 36.3 Å². The summed E-state index contributed by atoms with van der Waals surface area (Å²) in [4.78, 5) is 18.9. The van der Waals surface area contributed by atoms with Gasteiger partial charge in [-0.25, -0.2) is 4.39 Å². The van der Waals surface area contributed by atoms with E-state index in [2.05, 4.69) is 4.98 Å². The first-order valence-corrected chi connectivity index (χ1v) is 9.80. The lowest BCUT2D eigenvalue weighted by molar-refractivity contribution is -0.137. The number of amides is 1. The Morgan fingerprint density at radius 1 is 1.19 bits per heavy atom. The largest absolute Gasteiger partial charge is 0.490 e. The lowest BCUT2D eigenvalue weighted by Crippen LogP contribution is -2.49. The van der Waals surface area contributed by atoms with Crippen LogP contribution in [0.2, 0.25) is 5.02 Å². The van der Waals surface area contributed by atoms with Crippen molar-refractivity contribution < 1.29 is 13.9 Å². The fraction of sp³-hybridized carbons (Fsp3) is 0.429. The molecule has 4 nitrogen and oxygen atoms in total. The summed E-state index contributed by atoms with van der Waals surface area (Å²) >= 11 is 6.08. The Kier molecular flexibility index (Phi) is 5.30. The van der Waals surface area contributed by atoms with Crippen molar-refractivity contribution in [1.29, 1.82) is 0 Å². The first-order chi connectivity index (χ1) is 13.1. The maximum atomic E-state index is 13.9. The summed E-state index contributed by atoms with van der Waals surface area (Å²) in [5, 5.41) is 0.384. The maximum Gasteiger partial charge on any atom is 0.223 e. The van der Waals surface area contributed by atoms with Gasteiger partial charge in [0.05, 0.1) is 0 Å².